The van der Waals surface area contributed by atoms with Crippen LogP contribution in [0.5, 0.6) is 0 Å². The van der Waals surface area contributed by atoms with E-state index in [1.165, 1.54) is 0 Å². The predicted octanol–water partition coefficient (Wildman–Crippen LogP) is 1.79. The van der Waals surface area contributed by atoms with Crippen molar-refractivity contribution in [1.29, 1.82) is 0 Å². The molecule has 1 aliphatic rings. The number of nitrogens with two attached hydrogens (primary N) is 1. The lowest BCUT2D eigenvalue weighted by Gasteiger charge is -2.30. The van der Waals surface area contributed by atoms with Crippen molar-refractivity contribution in [1.82, 2.24) is 15.5 Å². The summed E-state index contributed by atoms with van der Waals surface area (Å²) in [4.78, 5) is 18.2. The fourth-order valence-corrected chi connectivity index (χ4v) is 2.72. The molecule has 7 heteroatoms. The third kappa shape index (κ3) is 10.3. The van der Waals surface area contributed by atoms with Gasteiger partial charge in [0.15, 0.2) is 5.96 Å². The molecule has 1 amide bonds. The first kappa shape index (κ1) is 23.4. The lowest BCUT2D eigenvalue weighted by atomic mass is 9.96. The average molecular weight is 453 g/mol. The monoisotopic (exact) mass is 453 g/mol. The largest absolute Gasteiger partial charge is 0.369 e. The summed E-state index contributed by atoms with van der Waals surface area (Å²) in [7, 11) is 0. The van der Waals surface area contributed by atoms with Gasteiger partial charge in [0, 0.05) is 25.6 Å². The number of hydrogen-bond acceptors (Lipinski definition) is 3. The van der Waals surface area contributed by atoms with Crippen molar-refractivity contribution < 1.29 is 4.79 Å². The molecular formula is C17H36IN5O. The van der Waals surface area contributed by atoms with Gasteiger partial charge in [-0.1, -0.05) is 13.8 Å². The molecule has 0 unspecified atom stereocenters. The molecule has 1 fully saturated rings. The van der Waals surface area contributed by atoms with Crippen LogP contribution in [0.3, 0.4) is 0 Å². The van der Waals surface area contributed by atoms with Crippen molar-refractivity contribution in [3.8, 4) is 0 Å². The molecule has 0 saturated carbocycles. The minimum absolute atomic E-state index is 0. The van der Waals surface area contributed by atoms with E-state index in [0.29, 0.717) is 5.92 Å². The van der Waals surface area contributed by atoms with Crippen LogP contribution < -0.4 is 16.4 Å². The maximum atomic E-state index is 11.2. The Morgan fingerprint density at radius 1 is 1.25 bits per heavy atom. The maximum absolute atomic E-state index is 11.2. The number of carbonyl (C=O) groups excluding carboxylic acids is 1. The number of likely N-dealkylation sites (tertiary alicyclic amines) is 1. The van der Waals surface area contributed by atoms with E-state index in [1.54, 1.807) is 0 Å². The van der Waals surface area contributed by atoms with Crippen LogP contribution in [0.25, 0.3) is 0 Å². The van der Waals surface area contributed by atoms with Crippen LogP contribution >= 0.6 is 24.0 Å². The summed E-state index contributed by atoms with van der Waals surface area (Å²) in [5.41, 5.74) is 5.37. The van der Waals surface area contributed by atoms with E-state index >= 15 is 0 Å². The molecule has 0 aliphatic carbocycles. The second-order valence-corrected chi connectivity index (χ2v) is 6.77. The van der Waals surface area contributed by atoms with Crippen molar-refractivity contribution >= 4 is 35.8 Å². The van der Waals surface area contributed by atoms with Gasteiger partial charge in [-0.3, -0.25) is 9.79 Å². The summed E-state index contributed by atoms with van der Waals surface area (Å²) in [6.07, 6.45) is 4.12. The van der Waals surface area contributed by atoms with Crippen LogP contribution in [0.2, 0.25) is 0 Å². The number of amides is 1. The van der Waals surface area contributed by atoms with Gasteiger partial charge in [-0.2, -0.15) is 0 Å². The molecule has 0 radical (unpaired) electrons. The first-order valence-corrected chi connectivity index (χ1v) is 9.06. The van der Waals surface area contributed by atoms with Crippen LogP contribution in [0, 0.1) is 11.8 Å². The first-order chi connectivity index (χ1) is 11.0. The number of nitrogens with zero attached hydrogens (tertiary/aromatic N) is 2. The predicted molar refractivity (Wildman–Crippen MR) is 112 cm³/mol. The highest BCUT2D eigenvalue weighted by molar-refractivity contribution is 14.0. The van der Waals surface area contributed by atoms with Crippen LogP contribution in [0.1, 0.15) is 46.5 Å². The molecule has 0 bridgehead atoms. The standard InChI is InChI=1S/C17H35N5O.HI/c1-4-19-17(21-13-14(2)3)20-9-5-6-10-22-11-7-15(8-12-22)16(18)23;/h14-15H,4-13H2,1-3H3,(H2,18,23)(H2,19,20,21);1H. The third-order valence-electron chi connectivity index (χ3n) is 4.14. The summed E-state index contributed by atoms with van der Waals surface area (Å²) < 4.78 is 0. The summed E-state index contributed by atoms with van der Waals surface area (Å²) in [5, 5.41) is 6.67. The fraction of sp³-hybridized carbons (Fsp3) is 0.882. The van der Waals surface area contributed by atoms with E-state index in [-0.39, 0.29) is 35.8 Å². The normalized spacial score (nSPS) is 16.8. The van der Waals surface area contributed by atoms with Crippen LogP contribution in [0.4, 0.5) is 0 Å². The molecule has 0 aromatic carbocycles. The SMILES string of the molecule is CCNC(=NCC(C)C)NCCCCN1CCC(C(N)=O)CC1.I. The van der Waals surface area contributed by atoms with Crippen LogP contribution in [0.15, 0.2) is 4.99 Å². The van der Waals surface area contributed by atoms with Gasteiger partial charge in [-0.15, -0.1) is 24.0 Å². The molecule has 4 N–H and O–H groups in total. The second-order valence-electron chi connectivity index (χ2n) is 6.77. The molecule has 142 valence electrons. The van der Waals surface area contributed by atoms with Crippen molar-refractivity contribution in [3.05, 3.63) is 0 Å². The van der Waals surface area contributed by atoms with E-state index in [1.807, 2.05) is 0 Å². The Morgan fingerprint density at radius 2 is 1.92 bits per heavy atom. The summed E-state index contributed by atoms with van der Waals surface area (Å²) in [5.74, 6) is 1.45. The quantitative estimate of drug-likeness (QED) is 0.215. The Labute approximate surface area is 164 Å². The molecule has 1 heterocycles. The number of guanidine groups is 1. The number of piperidine rings is 1. The zero-order valence-electron chi connectivity index (χ0n) is 15.5. The molecule has 1 aliphatic heterocycles. The molecule has 0 aromatic rings. The molecule has 1 rings (SSSR count). The Kier molecular flexibility index (Phi) is 13.4. The zero-order chi connectivity index (χ0) is 17.1. The van der Waals surface area contributed by atoms with Crippen molar-refractivity contribution in [3.63, 3.8) is 0 Å². The summed E-state index contributed by atoms with van der Waals surface area (Å²) >= 11 is 0. The van der Waals surface area contributed by atoms with Crippen LogP contribution in [-0.2, 0) is 4.79 Å². The molecule has 6 nitrogen and oxygen atoms in total. The van der Waals surface area contributed by atoms with Gasteiger partial charge >= 0.3 is 0 Å². The van der Waals surface area contributed by atoms with Gasteiger partial charge in [-0.05, 0) is 58.2 Å². The van der Waals surface area contributed by atoms with E-state index in [0.717, 1.165) is 70.9 Å². The van der Waals surface area contributed by atoms with Crippen molar-refractivity contribution in [2.75, 3.05) is 39.3 Å². The van der Waals surface area contributed by atoms with Gasteiger partial charge in [0.1, 0.15) is 0 Å². The number of hydrogen-bond donors (Lipinski definition) is 3. The van der Waals surface area contributed by atoms with Crippen molar-refractivity contribution in [2.45, 2.75) is 46.5 Å². The van der Waals surface area contributed by atoms with E-state index in [9.17, 15) is 4.79 Å². The van der Waals surface area contributed by atoms with Gasteiger partial charge in [0.05, 0.1) is 0 Å². The molecule has 24 heavy (non-hydrogen) atoms. The minimum atomic E-state index is -0.134. The van der Waals surface area contributed by atoms with E-state index in [2.05, 4.69) is 41.3 Å². The van der Waals surface area contributed by atoms with Gasteiger partial charge in [0.25, 0.3) is 0 Å². The number of unbranched alkanes of at least 4 members (excludes halogenated alkanes) is 1. The van der Waals surface area contributed by atoms with Crippen molar-refractivity contribution in [2.24, 2.45) is 22.6 Å². The van der Waals surface area contributed by atoms with Gasteiger partial charge in [-0.25, -0.2) is 0 Å². The maximum Gasteiger partial charge on any atom is 0.220 e. The van der Waals surface area contributed by atoms with E-state index in [4.69, 9.17) is 5.73 Å². The highest BCUT2D eigenvalue weighted by Gasteiger charge is 2.22. The molecule has 0 aromatic heterocycles. The summed E-state index contributed by atoms with van der Waals surface area (Å²) in [6, 6.07) is 0. The molecule has 0 spiro atoms. The second kappa shape index (κ2) is 13.7. The van der Waals surface area contributed by atoms with Crippen LogP contribution in [-0.4, -0.2) is 56.0 Å². The first-order valence-electron chi connectivity index (χ1n) is 9.06. The number of carbonyl (C=O) groups is 1. The van der Waals surface area contributed by atoms with E-state index < -0.39 is 0 Å². The van der Waals surface area contributed by atoms with Gasteiger partial charge < -0.3 is 21.3 Å². The minimum Gasteiger partial charge on any atom is -0.369 e. The Balaban J connectivity index is 0.00000529. The number of primary amides is 1. The Bertz CT molecular complexity index is 368. The number of aliphatic imine (C=N–C) groups is 1. The average Bonchev–Trinajstić information content (AvgIpc) is 2.52. The lowest BCUT2D eigenvalue weighted by molar-refractivity contribution is -0.123. The smallest absolute Gasteiger partial charge is 0.220 e. The molecule has 1 saturated heterocycles. The molecule has 0 atom stereocenters. The number of halogens is 1. The Hall–Kier alpha value is -0.570. The number of nitrogens with one attached hydrogen (secondary N) is 2. The lowest BCUT2D eigenvalue weighted by Crippen LogP contribution is -2.39. The molecular weight excluding hydrogens is 417 g/mol. The topological polar surface area (TPSA) is 82.8 Å². The highest BCUT2D eigenvalue weighted by atomic mass is 127. The number of rotatable bonds is 9. The Morgan fingerprint density at radius 3 is 2.46 bits per heavy atom. The zero-order valence-corrected chi connectivity index (χ0v) is 17.8. The third-order valence-corrected chi connectivity index (χ3v) is 4.14. The summed E-state index contributed by atoms with van der Waals surface area (Å²) in [6.45, 7) is 12.2. The fourth-order valence-electron chi connectivity index (χ4n) is 2.72. The highest BCUT2D eigenvalue weighted by Crippen LogP contribution is 2.16. The van der Waals surface area contributed by atoms with Gasteiger partial charge in [0.2, 0.25) is 5.91 Å².